The molecule has 0 aliphatic carbocycles. The molecule has 1 aromatic carbocycles. The van der Waals surface area contributed by atoms with Gasteiger partial charge in [-0.2, -0.15) is 0 Å². The number of hydrogen-bond donors (Lipinski definition) is 1. The van der Waals surface area contributed by atoms with Crippen LogP contribution in [0.4, 0.5) is 4.39 Å². The van der Waals surface area contributed by atoms with Gasteiger partial charge in [-0.05, 0) is 24.6 Å². The number of aromatic nitrogens is 1. The molecule has 2 aromatic rings. The number of ether oxygens (including phenoxy) is 2. The first-order valence-corrected chi connectivity index (χ1v) is 7.34. The smallest absolute Gasteiger partial charge is 0.338 e. The molecule has 0 radical (unpaired) electrons. The van der Waals surface area contributed by atoms with Gasteiger partial charge in [-0.15, -0.1) is 0 Å². The van der Waals surface area contributed by atoms with E-state index in [2.05, 4.69) is 4.98 Å². The normalized spacial score (nSPS) is 17.2. The van der Waals surface area contributed by atoms with Crippen LogP contribution in [0.15, 0.2) is 36.5 Å². The van der Waals surface area contributed by atoms with E-state index < -0.39 is 17.3 Å². The summed E-state index contributed by atoms with van der Waals surface area (Å²) in [5.41, 5.74) is 0.588. The molecule has 1 aliphatic rings. The van der Waals surface area contributed by atoms with Crippen LogP contribution in [0.2, 0.25) is 0 Å². The van der Waals surface area contributed by atoms with Crippen molar-refractivity contribution >= 4 is 5.97 Å². The van der Waals surface area contributed by atoms with Crippen LogP contribution in [0.1, 0.15) is 16.8 Å². The molecular weight excluding hydrogens is 301 g/mol. The minimum atomic E-state index is -1.33. The summed E-state index contributed by atoms with van der Waals surface area (Å²) >= 11 is 0. The molecule has 1 aromatic heterocycles. The lowest BCUT2D eigenvalue weighted by molar-refractivity contribution is 0.0691. The number of carboxylic acid groups (broad SMARTS) is 1. The Morgan fingerprint density at radius 1 is 1.43 bits per heavy atom. The van der Waals surface area contributed by atoms with Gasteiger partial charge in [-0.3, -0.25) is 4.98 Å². The van der Waals surface area contributed by atoms with Crippen LogP contribution in [0, 0.1) is 11.7 Å². The molecule has 5 nitrogen and oxygen atoms in total. The molecular formula is C17H16FNO4. The van der Waals surface area contributed by atoms with Crippen molar-refractivity contribution in [1.29, 1.82) is 0 Å². The standard InChI is InChI=1S/C17H16FNO4/c18-14-8-19-15(7-13(14)17(20)21)12-3-1-2-4-16(12)23-10-11-5-6-22-9-11/h1-4,7-8,11H,5-6,9-10H2,(H,20,21). The van der Waals surface area contributed by atoms with Crippen molar-refractivity contribution < 1.29 is 23.8 Å². The number of nitrogens with zero attached hydrogens (tertiary/aromatic N) is 1. The molecule has 2 heterocycles. The monoisotopic (exact) mass is 317 g/mol. The Bertz CT molecular complexity index is 713. The van der Waals surface area contributed by atoms with E-state index in [-0.39, 0.29) is 0 Å². The second-order valence-electron chi connectivity index (χ2n) is 5.39. The molecule has 1 fully saturated rings. The maximum atomic E-state index is 13.5. The van der Waals surface area contributed by atoms with Gasteiger partial charge in [0.05, 0.1) is 30.7 Å². The first kappa shape index (κ1) is 15.4. The number of para-hydroxylation sites is 1. The molecule has 120 valence electrons. The van der Waals surface area contributed by atoms with E-state index in [0.29, 0.717) is 36.1 Å². The molecule has 0 bridgehead atoms. The van der Waals surface area contributed by atoms with Crippen LogP contribution in [0.5, 0.6) is 5.75 Å². The minimum Gasteiger partial charge on any atom is -0.493 e. The summed E-state index contributed by atoms with van der Waals surface area (Å²) in [6.07, 6.45) is 1.88. The largest absolute Gasteiger partial charge is 0.493 e. The van der Waals surface area contributed by atoms with Crippen molar-refractivity contribution in [2.24, 2.45) is 5.92 Å². The second kappa shape index (κ2) is 6.75. The fraction of sp³-hybridized carbons (Fsp3) is 0.294. The van der Waals surface area contributed by atoms with E-state index in [1.54, 1.807) is 18.2 Å². The summed E-state index contributed by atoms with van der Waals surface area (Å²) in [4.78, 5) is 15.1. The van der Waals surface area contributed by atoms with Gasteiger partial charge in [0.25, 0.3) is 0 Å². The van der Waals surface area contributed by atoms with E-state index in [1.165, 1.54) is 6.07 Å². The highest BCUT2D eigenvalue weighted by Gasteiger charge is 2.18. The Labute approximate surface area is 132 Å². The van der Waals surface area contributed by atoms with Crippen molar-refractivity contribution in [2.75, 3.05) is 19.8 Å². The fourth-order valence-electron chi connectivity index (χ4n) is 2.48. The third-order valence-corrected chi connectivity index (χ3v) is 3.75. The predicted molar refractivity (Wildman–Crippen MR) is 81.0 cm³/mol. The number of aromatic carboxylic acids is 1. The lowest BCUT2D eigenvalue weighted by atomic mass is 10.1. The summed E-state index contributed by atoms with van der Waals surface area (Å²) in [6.45, 7) is 1.95. The average Bonchev–Trinajstić information content (AvgIpc) is 3.07. The summed E-state index contributed by atoms with van der Waals surface area (Å²) in [5.74, 6) is -1.25. The summed E-state index contributed by atoms with van der Waals surface area (Å²) in [7, 11) is 0. The third-order valence-electron chi connectivity index (χ3n) is 3.75. The van der Waals surface area contributed by atoms with Gasteiger partial charge in [0.15, 0.2) is 5.82 Å². The van der Waals surface area contributed by atoms with Gasteiger partial charge in [0.2, 0.25) is 0 Å². The number of halogens is 1. The van der Waals surface area contributed by atoms with Crippen molar-refractivity contribution in [2.45, 2.75) is 6.42 Å². The highest BCUT2D eigenvalue weighted by Crippen LogP contribution is 2.30. The van der Waals surface area contributed by atoms with Crippen LogP contribution < -0.4 is 4.74 Å². The lowest BCUT2D eigenvalue weighted by Crippen LogP contribution is -2.12. The molecule has 1 saturated heterocycles. The lowest BCUT2D eigenvalue weighted by Gasteiger charge is -2.14. The van der Waals surface area contributed by atoms with E-state index in [4.69, 9.17) is 14.6 Å². The predicted octanol–water partition coefficient (Wildman–Crippen LogP) is 3.00. The number of benzene rings is 1. The third kappa shape index (κ3) is 3.48. The van der Waals surface area contributed by atoms with Crippen LogP contribution in [-0.4, -0.2) is 35.9 Å². The summed E-state index contributed by atoms with van der Waals surface area (Å²) in [6, 6.07) is 8.40. The first-order valence-electron chi connectivity index (χ1n) is 7.34. The molecule has 1 unspecified atom stereocenters. The fourth-order valence-corrected chi connectivity index (χ4v) is 2.48. The Kier molecular flexibility index (Phi) is 4.52. The Balaban J connectivity index is 1.87. The van der Waals surface area contributed by atoms with Gasteiger partial charge >= 0.3 is 5.97 Å². The summed E-state index contributed by atoms with van der Waals surface area (Å²) < 4.78 is 24.7. The van der Waals surface area contributed by atoms with Gasteiger partial charge in [0, 0.05) is 18.1 Å². The van der Waals surface area contributed by atoms with Crippen LogP contribution in [-0.2, 0) is 4.74 Å². The first-order chi connectivity index (χ1) is 11.1. The molecule has 23 heavy (non-hydrogen) atoms. The van der Waals surface area contributed by atoms with Crippen molar-refractivity contribution in [3.63, 3.8) is 0 Å². The molecule has 1 N–H and O–H groups in total. The van der Waals surface area contributed by atoms with Crippen molar-refractivity contribution in [3.8, 4) is 17.0 Å². The second-order valence-corrected chi connectivity index (χ2v) is 5.39. The molecule has 0 saturated carbocycles. The van der Waals surface area contributed by atoms with Crippen LogP contribution >= 0.6 is 0 Å². The zero-order valence-corrected chi connectivity index (χ0v) is 12.4. The number of pyridine rings is 1. The molecule has 0 spiro atoms. The Morgan fingerprint density at radius 2 is 2.26 bits per heavy atom. The van der Waals surface area contributed by atoms with Crippen LogP contribution in [0.25, 0.3) is 11.3 Å². The quantitative estimate of drug-likeness (QED) is 0.918. The minimum absolute atomic E-state index is 0.346. The highest BCUT2D eigenvalue weighted by molar-refractivity contribution is 5.89. The maximum absolute atomic E-state index is 13.5. The highest BCUT2D eigenvalue weighted by atomic mass is 19.1. The zero-order chi connectivity index (χ0) is 16.2. The Morgan fingerprint density at radius 3 is 3.00 bits per heavy atom. The average molecular weight is 317 g/mol. The molecule has 0 amide bonds. The number of carboxylic acids is 1. The van der Waals surface area contributed by atoms with Gasteiger partial charge in [-0.25, -0.2) is 9.18 Å². The van der Waals surface area contributed by atoms with E-state index in [0.717, 1.165) is 19.2 Å². The van der Waals surface area contributed by atoms with Gasteiger partial charge < -0.3 is 14.6 Å². The number of rotatable bonds is 5. The number of carbonyl (C=O) groups is 1. The van der Waals surface area contributed by atoms with Crippen molar-refractivity contribution in [1.82, 2.24) is 4.98 Å². The molecule has 1 atom stereocenters. The molecule has 3 rings (SSSR count). The Hall–Kier alpha value is -2.47. The van der Waals surface area contributed by atoms with Gasteiger partial charge in [-0.1, -0.05) is 12.1 Å². The van der Waals surface area contributed by atoms with E-state index in [1.807, 2.05) is 6.07 Å². The molecule has 1 aliphatic heterocycles. The van der Waals surface area contributed by atoms with Crippen LogP contribution in [0.3, 0.4) is 0 Å². The SMILES string of the molecule is O=C(O)c1cc(-c2ccccc2OCC2CCOC2)ncc1F. The van der Waals surface area contributed by atoms with Gasteiger partial charge in [0.1, 0.15) is 5.75 Å². The molecule has 6 heteroatoms. The van der Waals surface area contributed by atoms with E-state index in [9.17, 15) is 9.18 Å². The number of hydrogen-bond acceptors (Lipinski definition) is 4. The zero-order valence-electron chi connectivity index (χ0n) is 12.4. The topological polar surface area (TPSA) is 68.7 Å². The van der Waals surface area contributed by atoms with E-state index >= 15 is 0 Å². The summed E-state index contributed by atoms with van der Waals surface area (Å²) in [5, 5.41) is 9.04. The van der Waals surface area contributed by atoms with Crippen molar-refractivity contribution in [3.05, 3.63) is 47.9 Å². The maximum Gasteiger partial charge on any atom is 0.338 e.